The highest BCUT2D eigenvalue weighted by atomic mass is 32.2. The Morgan fingerprint density at radius 3 is 2.52 bits per heavy atom. The lowest BCUT2D eigenvalue weighted by molar-refractivity contribution is -0.120. The maximum Gasteiger partial charge on any atom is 0.241 e. The van der Waals surface area contributed by atoms with Crippen molar-refractivity contribution in [2.75, 3.05) is 25.1 Å². The van der Waals surface area contributed by atoms with Gasteiger partial charge in [0, 0.05) is 30.8 Å². The normalized spacial score (nSPS) is 14.1. The average molecular weight is 417 g/mol. The molecule has 1 saturated heterocycles. The second-order valence-corrected chi connectivity index (χ2v) is 8.32. The van der Waals surface area contributed by atoms with E-state index in [0.717, 1.165) is 12.0 Å². The fourth-order valence-corrected chi connectivity index (χ4v) is 4.06. The molecule has 29 heavy (non-hydrogen) atoms. The first-order valence-corrected chi connectivity index (χ1v) is 10.7. The predicted octanol–water partition coefficient (Wildman–Crippen LogP) is 1.42. The quantitative estimate of drug-likeness (QED) is 0.676. The van der Waals surface area contributed by atoms with Gasteiger partial charge in [0.05, 0.1) is 18.6 Å². The Hall–Kier alpha value is -2.91. The second-order valence-electron chi connectivity index (χ2n) is 6.56. The highest BCUT2D eigenvalue weighted by Gasteiger charge is 2.22. The minimum absolute atomic E-state index is 0.0328. The van der Waals surface area contributed by atoms with Crippen molar-refractivity contribution in [3.8, 4) is 5.75 Å². The van der Waals surface area contributed by atoms with Crippen LogP contribution in [-0.2, 0) is 26.2 Å². The van der Waals surface area contributed by atoms with Gasteiger partial charge >= 0.3 is 0 Å². The molecule has 0 aliphatic carbocycles. The largest absolute Gasteiger partial charge is 0.496 e. The Balaban J connectivity index is 1.55. The zero-order chi connectivity index (χ0) is 20.9. The highest BCUT2D eigenvalue weighted by molar-refractivity contribution is 7.89. The first kappa shape index (κ1) is 20.8. The topological polar surface area (TPSA) is 105 Å². The molecule has 2 aromatic carbocycles. The van der Waals surface area contributed by atoms with Gasteiger partial charge in [0.15, 0.2) is 0 Å². The predicted molar refractivity (Wildman–Crippen MR) is 108 cm³/mol. The summed E-state index contributed by atoms with van der Waals surface area (Å²) in [7, 11) is -2.30. The number of hydrogen-bond acceptors (Lipinski definition) is 5. The van der Waals surface area contributed by atoms with Crippen LogP contribution in [0.4, 0.5) is 5.69 Å². The number of hydrogen-bond donors (Lipinski definition) is 2. The number of nitrogens with one attached hydrogen (secondary N) is 2. The van der Waals surface area contributed by atoms with Crippen LogP contribution in [0.5, 0.6) is 5.75 Å². The molecule has 2 amide bonds. The van der Waals surface area contributed by atoms with E-state index in [9.17, 15) is 18.0 Å². The molecule has 1 aliphatic heterocycles. The van der Waals surface area contributed by atoms with Gasteiger partial charge in [0.2, 0.25) is 21.8 Å². The van der Waals surface area contributed by atoms with E-state index in [1.165, 1.54) is 12.1 Å². The van der Waals surface area contributed by atoms with Crippen LogP contribution in [0.15, 0.2) is 53.4 Å². The van der Waals surface area contributed by atoms with Gasteiger partial charge in [0.1, 0.15) is 5.75 Å². The van der Waals surface area contributed by atoms with E-state index in [0.29, 0.717) is 24.4 Å². The number of benzene rings is 2. The van der Waals surface area contributed by atoms with Gasteiger partial charge in [-0.1, -0.05) is 18.2 Å². The summed E-state index contributed by atoms with van der Waals surface area (Å²) in [6.45, 7) is 0.475. The number of rotatable bonds is 8. The maximum atomic E-state index is 12.4. The highest BCUT2D eigenvalue weighted by Crippen LogP contribution is 2.23. The molecule has 0 aromatic heterocycles. The summed E-state index contributed by atoms with van der Waals surface area (Å²) in [5.41, 5.74) is 1.46. The van der Waals surface area contributed by atoms with Crippen molar-refractivity contribution in [2.24, 2.45) is 0 Å². The Morgan fingerprint density at radius 1 is 1.14 bits per heavy atom. The van der Waals surface area contributed by atoms with E-state index in [2.05, 4.69) is 10.0 Å². The molecule has 3 rings (SSSR count). The Bertz CT molecular complexity index is 989. The molecule has 1 fully saturated rings. The van der Waals surface area contributed by atoms with Gasteiger partial charge in [-0.15, -0.1) is 0 Å². The Kier molecular flexibility index (Phi) is 6.50. The zero-order valence-electron chi connectivity index (χ0n) is 16.1. The maximum absolute atomic E-state index is 12.4. The van der Waals surface area contributed by atoms with Gasteiger partial charge in [-0.25, -0.2) is 13.1 Å². The number of para-hydroxylation sites is 1. The zero-order valence-corrected chi connectivity index (χ0v) is 16.9. The second kappa shape index (κ2) is 9.06. The molecule has 8 nitrogen and oxygen atoms in total. The fourth-order valence-electron chi connectivity index (χ4n) is 3.08. The summed E-state index contributed by atoms with van der Waals surface area (Å²) in [6, 6.07) is 13.3. The number of carbonyl (C=O) groups is 2. The van der Waals surface area contributed by atoms with E-state index >= 15 is 0 Å². The molecule has 2 aromatic rings. The molecule has 0 atom stereocenters. The molecule has 0 saturated carbocycles. The van der Waals surface area contributed by atoms with Gasteiger partial charge < -0.3 is 15.0 Å². The van der Waals surface area contributed by atoms with Crippen molar-refractivity contribution in [1.82, 2.24) is 10.0 Å². The van der Waals surface area contributed by atoms with Crippen molar-refractivity contribution in [3.05, 3.63) is 54.1 Å². The van der Waals surface area contributed by atoms with Crippen molar-refractivity contribution in [3.63, 3.8) is 0 Å². The fraction of sp³-hybridized carbons (Fsp3) is 0.300. The number of ether oxygens (including phenoxy) is 1. The molecule has 0 bridgehead atoms. The van der Waals surface area contributed by atoms with Crippen molar-refractivity contribution < 1.29 is 22.7 Å². The van der Waals surface area contributed by atoms with Crippen LogP contribution in [0, 0.1) is 0 Å². The van der Waals surface area contributed by atoms with Crippen molar-refractivity contribution in [1.29, 1.82) is 0 Å². The monoisotopic (exact) mass is 417 g/mol. The van der Waals surface area contributed by atoms with Crippen LogP contribution >= 0.6 is 0 Å². The lowest BCUT2D eigenvalue weighted by Gasteiger charge is -2.16. The summed E-state index contributed by atoms with van der Waals surface area (Å²) in [5.74, 6) is 0.217. The van der Waals surface area contributed by atoms with Gasteiger partial charge in [0.25, 0.3) is 0 Å². The summed E-state index contributed by atoms with van der Waals surface area (Å²) in [5, 5.41) is 2.66. The van der Waals surface area contributed by atoms with Crippen LogP contribution in [0.25, 0.3) is 0 Å². The third-order valence-electron chi connectivity index (χ3n) is 4.62. The van der Waals surface area contributed by atoms with Crippen LogP contribution in [0.2, 0.25) is 0 Å². The summed E-state index contributed by atoms with van der Waals surface area (Å²) < 4.78 is 32.3. The van der Waals surface area contributed by atoms with E-state index in [1.807, 2.05) is 18.2 Å². The minimum atomic E-state index is -3.84. The van der Waals surface area contributed by atoms with Gasteiger partial charge in [-0.3, -0.25) is 9.59 Å². The molecule has 0 spiro atoms. The van der Waals surface area contributed by atoms with Crippen molar-refractivity contribution in [2.45, 2.75) is 24.3 Å². The smallest absolute Gasteiger partial charge is 0.241 e. The summed E-state index contributed by atoms with van der Waals surface area (Å²) in [6.07, 6.45) is 1.30. The number of carbonyl (C=O) groups excluding carboxylic acids is 2. The van der Waals surface area contributed by atoms with Gasteiger partial charge in [-0.2, -0.15) is 0 Å². The average Bonchev–Trinajstić information content (AvgIpc) is 3.17. The third-order valence-corrected chi connectivity index (χ3v) is 6.04. The molecule has 0 radical (unpaired) electrons. The van der Waals surface area contributed by atoms with Crippen LogP contribution < -0.4 is 19.7 Å². The number of nitrogens with zero attached hydrogens (tertiary/aromatic N) is 1. The first-order chi connectivity index (χ1) is 13.9. The minimum Gasteiger partial charge on any atom is -0.496 e. The van der Waals surface area contributed by atoms with E-state index in [-0.39, 0.29) is 23.9 Å². The lowest BCUT2D eigenvalue weighted by atomic mass is 10.2. The molecular formula is C20H23N3O5S. The number of methoxy groups -OCH3 is 1. The lowest BCUT2D eigenvalue weighted by Crippen LogP contribution is -2.36. The van der Waals surface area contributed by atoms with Crippen LogP contribution in [0.3, 0.4) is 0 Å². The number of sulfonamides is 1. The molecule has 1 heterocycles. The third kappa shape index (κ3) is 5.12. The Labute approximate surface area is 169 Å². The van der Waals surface area contributed by atoms with Crippen molar-refractivity contribution >= 4 is 27.5 Å². The number of amides is 2. The summed E-state index contributed by atoms with van der Waals surface area (Å²) >= 11 is 0. The standard InChI is InChI=1S/C20H23N3O5S/c1-28-18-6-3-2-5-15(18)13-21-19(24)14-22-29(26,27)17-10-8-16(9-11-17)23-12-4-7-20(23)25/h2-3,5-6,8-11,22H,4,7,12-14H2,1H3,(H,21,24). The SMILES string of the molecule is COc1ccccc1CNC(=O)CNS(=O)(=O)c1ccc(N2CCCC2=O)cc1. The van der Waals surface area contributed by atoms with E-state index < -0.39 is 15.9 Å². The van der Waals surface area contributed by atoms with Crippen LogP contribution in [0.1, 0.15) is 18.4 Å². The first-order valence-electron chi connectivity index (χ1n) is 9.19. The molecule has 9 heteroatoms. The van der Waals surface area contributed by atoms with E-state index in [1.54, 1.807) is 30.2 Å². The molecule has 1 aliphatic rings. The molecular weight excluding hydrogens is 394 g/mol. The Morgan fingerprint density at radius 2 is 1.86 bits per heavy atom. The van der Waals surface area contributed by atoms with Gasteiger partial charge in [-0.05, 0) is 36.8 Å². The summed E-state index contributed by atoms with van der Waals surface area (Å²) in [4.78, 5) is 25.5. The molecule has 0 unspecified atom stereocenters. The van der Waals surface area contributed by atoms with E-state index in [4.69, 9.17) is 4.74 Å². The van der Waals surface area contributed by atoms with Crippen LogP contribution in [-0.4, -0.2) is 40.4 Å². The number of anilines is 1. The molecule has 2 N–H and O–H groups in total. The molecule has 154 valence electrons.